The van der Waals surface area contributed by atoms with E-state index in [-0.39, 0.29) is 31.4 Å². The molecule has 7 nitrogen and oxygen atoms in total. The molecule has 1 aromatic rings. The standard InChI is InChI=1S/C17H21N3O4S/c1-10(2)8-24-16(23)20-9-17(7-12(20)14(18)21)15(22)19-11-5-3-4-6-13(11)25-17/h3-6,10,12H,7-9H2,1-2H3,(H2,18,21)(H,19,22)/t12-,17+/m0/s1. The van der Waals surface area contributed by atoms with Crippen molar-refractivity contribution in [3.63, 3.8) is 0 Å². The molecule has 1 saturated heterocycles. The van der Waals surface area contributed by atoms with E-state index < -0.39 is 22.8 Å². The lowest BCUT2D eigenvalue weighted by atomic mass is 10.0. The highest BCUT2D eigenvalue weighted by Crippen LogP contribution is 2.48. The van der Waals surface area contributed by atoms with Crippen LogP contribution in [0.2, 0.25) is 0 Å². The lowest BCUT2D eigenvalue weighted by Crippen LogP contribution is -2.46. The van der Waals surface area contributed by atoms with Gasteiger partial charge in [-0.2, -0.15) is 0 Å². The Morgan fingerprint density at radius 2 is 2.16 bits per heavy atom. The van der Waals surface area contributed by atoms with Crippen LogP contribution in [0.5, 0.6) is 0 Å². The number of nitrogens with zero attached hydrogens (tertiary/aromatic N) is 1. The number of likely N-dealkylation sites (tertiary alicyclic amines) is 1. The molecule has 2 atom stereocenters. The van der Waals surface area contributed by atoms with E-state index in [9.17, 15) is 14.4 Å². The zero-order valence-electron chi connectivity index (χ0n) is 14.2. The van der Waals surface area contributed by atoms with E-state index in [4.69, 9.17) is 10.5 Å². The lowest BCUT2D eigenvalue weighted by molar-refractivity contribution is -0.121. The summed E-state index contributed by atoms with van der Waals surface area (Å²) in [5.74, 6) is -0.681. The number of ether oxygens (including phenoxy) is 1. The second kappa shape index (κ2) is 6.59. The van der Waals surface area contributed by atoms with Crippen molar-refractivity contribution in [3.05, 3.63) is 24.3 Å². The van der Waals surface area contributed by atoms with Crippen LogP contribution in [0.25, 0.3) is 0 Å². The number of rotatable bonds is 3. The van der Waals surface area contributed by atoms with Crippen LogP contribution in [0.15, 0.2) is 29.2 Å². The first-order valence-corrected chi connectivity index (χ1v) is 8.96. The Hall–Kier alpha value is -2.22. The third-order valence-electron chi connectivity index (χ3n) is 4.28. The summed E-state index contributed by atoms with van der Waals surface area (Å²) in [4.78, 5) is 39.2. The predicted molar refractivity (Wildman–Crippen MR) is 94.2 cm³/mol. The van der Waals surface area contributed by atoms with Gasteiger partial charge in [0.1, 0.15) is 10.8 Å². The minimum atomic E-state index is -0.940. The van der Waals surface area contributed by atoms with Gasteiger partial charge in [0.15, 0.2) is 0 Å². The first-order chi connectivity index (χ1) is 11.8. The summed E-state index contributed by atoms with van der Waals surface area (Å²) >= 11 is 1.37. The Morgan fingerprint density at radius 3 is 2.84 bits per heavy atom. The zero-order chi connectivity index (χ0) is 18.2. The van der Waals surface area contributed by atoms with Crippen molar-refractivity contribution < 1.29 is 19.1 Å². The lowest BCUT2D eigenvalue weighted by Gasteiger charge is -2.32. The second-order valence-electron chi connectivity index (χ2n) is 6.77. The smallest absolute Gasteiger partial charge is 0.410 e. The number of hydrogen-bond donors (Lipinski definition) is 2. The molecule has 1 spiro atoms. The van der Waals surface area contributed by atoms with E-state index in [1.54, 1.807) is 0 Å². The molecule has 1 fully saturated rings. The third kappa shape index (κ3) is 3.30. The molecule has 25 heavy (non-hydrogen) atoms. The number of amides is 3. The molecule has 0 unspecified atom stereocenters. The van der Waals surface area contributed by atoms with E-state index >= 15 is 0 Å². The Labute approximate surface area is 150 Å². The molecule has 3 rings (SSSR count). The summed E-state index contributed by atoms with van der Waals surface area (Å²) in [6, 6.07) is 6.59. The van der Waals surface area contributed by atoms with Gasteiger partial charge < -0.3 is 15.8 Å². The zero-order valence-corrected chi connectivity index (χ0v) is 15.0. The van der Waals surface area contributed by atoms with Crippen LogP contribution >= 0.6 is 11.8 Å². The minimum Gasteiger partial charge on any atom is -0.449 e. The van der Waals surface area contributed by atoms with Gasteiger partial charge in [-0.15, -0.1) is 11.8 Å². The monoisotopic (exact) mass is 363 g/mol. The van der Waals surface area contributed by atoms with Crippen LogP contribution < -0.4 is 11.1 Å². The normalized spacial score (nSPS) is 25.0. The predicted octanol–water partition coefficient (Wildman–Crippen LogP) is 1.82. The SMILES string of the molecule is CC(C)COC(=O)N1C[C@@]2(C[C@H]1C(N)=O)Sc1ccccc1NC2=O. The van der Waals surface area contributed by atoms with Gasteiger partial charge in [-0.25, -0.2) is 4.79 Å². The number of primary amides is 1. The van der Waals surface area contributed by atoms with Gasteiger partial charge in [0.25, 0.3) is 0 Å². The number of hydrogen-bond acceptors (Lipinski definition) is 5. The fourth-order valence-corrected chi connectivity index (χ4v) is 4.41. The van der Waals surface area contributed by atoms with Crippen molar-refractivity contribution in [1.82, 2.24) is 4.90 Å². The number of carbonyl (C=O) groups excluding carboxylic acids is 3. The number of benzene rings is 1. The average Bonchev–Trinajstić information content (AvgIpc) is 2.95. The summed E-state index contributed by atoms with van der Waals surface area (Å²) in [7, 11) is 0. The molecule has 0 bridgehead atoms. The Balaban J connectivity index is 1.85. The van der Waals surface area contributed by atoms with Crippen LogP contribution in [0.3, 0.4) is 0 Å². The van der Waals surface area contributed by atoms with Gasteiger partial charge in [-0.1, -0.05) is 26.0 Å². The number of nitrogens with one attached hydrogen (secondary N) is 1. The highest BCUT2D eigenvalue weighted by Gasteiger charge is 2.55. The van der Waals surface area contributed by atoms with Crippen LogP contribution in [0.4, 0.5) is 10.5 Å². The molecule has 0 saturated carbocycles. The van der Waals surface area contributed by atoms with Gasteiger partial charge in [0.2, 0.25) is 11.8 Å². The van der Waals surface area contributed by atoms with Crippen molar-refractivity contribution >= 4 is 35.4 Å². The maximum atomic E-state index is 12.7. The first kappa shape index (κ1) is 17.6. The van der Waals surface area contributed by atoms with Gasteiger partial charge in [-0.3, -0.25) is 14.5 Å². The first-order valence-electron chi connectivity index (χ1n) is 8.14. The van der Waals surface area contributed by atoms with Crippen molar-refractivity contribution in [2.45, 2.75) is 36.0 Å². The van der Waals surface area contributed by atoms with Crippen molar-refractivity contribution in [3.8, 4) is 0 Å². The maximum absolute atomic E-state index is 12.7. The fraction of sp³-hybridized carbons (Fsp3) is 0.471. The molecule has 134 valence electrons. The molecule has 3 N–H and O–H groups in total. The van der Waals surface area contributed by atoms with Crippen molar-refractivity contribution in [2.24, 2.45) is 11.7 Å². The topological polar surface area (TPSA) is 102 Å². The number of nitrogens with two attached hydrogens (primary N) is 1. The van der Waals surface area contributed by atoms with E-state index in [2.05, 4.69) is 5.32 Å². The summed E-state index contributed by atoms with van der Waals surface area (Å²) in [6.07, 6.45) is -0.439. The number of fused-ring (bicyclic) bond motifs is 1. The highest BCUT2D eigenvalue weighted by molar-refractivity contribution is 8.01. The molecule has 8 heteroatoms. The molecule has 0 radical (unpaired) electrons. The molecule has 0 aliphatic carbocycles. The largest absolute Gasteiger partial charge is 0.449 e. The Bertz CT molecular complexity index is 724. The molecule has 2 aliphatic rings. The Morgan fingerprint density at radius 1 is 1.44 bits per heavy atom. The second-order valence-corrected chi connectivity index (χ2v) is 8.19. The molecule has 3 amide bonds. The van der Waals surface area contributed by atoms with Crippen LogP contribution in [-0.2, 0) is 14.3 Å². The average molecular weight is 363 g/mol. The third-order valence-corrected chi connectivity index (χ3v) is 5.73. The molecular weight excluding hydrogens is 342 g/mol. The molecular formula is C17H21N3O4S. The van der Waals surface area contributed by atoms with E-state index in [0.29, 0.717) is 0 Å². The summed E-state index contributed by atoms with van der Waals surface area (Å²) < 4.78 is 4.31. The van der Waals surface area contributed by atoms with Gasteiger partial charge in [0.05, 0.1) is 12.3 Å². The van der Waals surface area contributed by atoms with Gasteiger partial charge in [-0.05, 0) is 18.1 Å². The van der Waals surface area contributed by atoms with Crippen molar-refractivity contribution in [2.75, 3.05) is 18.5 Å². The number of para-hydroxylation sites is 1. The van der Waals surface area contributed by atoms with E-state index in [0.717, 1.165) is 10.6 Å². The van der Waals surface area contributed by atoms with E-state index in [1.165, 1.54) is 16.7 Å². The van der Waals surface area contributed by atoms with Gasteiger partial charge >= 0.3 is 6.09 Å². The quantitative estimate of drug-likeness (QED) is 0.853. The maximum Gasteiger partial charge on any atom is 0.410 e. The summed E-state index contributed by atoms with van der Waals surface area (Å²) in [5.41, 5.74) is 6.22. The molecule has 0 aromatic heterocycles. The number of carbonyl (C=O) groups is 3. The van der Waals surface area contributed by atoms with Gasteiger partial charge in [0, 0.05) is 17.9 Å². The number of anilines is 1. The van der Waals surface area contributed by atoms with E-state index in [1.807, 2.05) is 38.1 Å². The number of thioether (sulfide) groups is 1. The summed E-state index contributed by atoms with van der Waals surface area (Å²) in [5, 5.41) is 2.87. The van der Waals surface area contributed by atoms with Crippen molar-refractivity contribution in [1.29, 1.82) is 0 Å². The highest BCUT2D eigenvalue weighted by atomic mass is 32.2. The molecule has 2 heterocycles. The van der Waals surface area contributed by atoms with Crippen LogP contribution in [0, 0.1) is 5.92 Å². The molecule has 1 aromatic carbocycles. The Kier molecular flexibility index (Phi) is 4.64. The van der Waals surface area contributed by atoms with Crippen LogP contribution in [0.1, 0.15) is 20.3 Å². The van der Waals surface area contributed by atoms with Crippen LogP contribution in [-0.4, -0.2) is 46.7 Å². The molecule has 2 aliphatic heterocycles. The minimum absolute atomic E-state index is 0.0857. The fourth-order valence-electron chi connectivity index (χ4n) is 3.03. The summed E-state index contributed by atoms with van der Waals surface area (Å²) in [6.45, 7) is 4.18.